The maximum Gasteiger partial charge on any atom is 0.419 e. The van der Waals surface area contributed by atoms with Crippen molar-refractivity contribution in [2.45, 2.75) is 66.1 Å². The van der Waals surface area contributed by atoms with Gasteiger partial charge in [0.25, 0.3) is 0 Å². The molecule has 0 fully saturated rings. The van der Waals surface area contributed by atoms with E-state index in [4.69, 9.17) is 14.0 Å². The average molecular weight is 326 g/mol. The van der Waals surface area contributed by atoms with Gasteiger partial charge in [-0.3, -0.25) is 0 Å². The summed E-state index contributed by atoms with van der Waals surface area (Å²) in [7, 11) is 0. The van der Waals surface area contributed by atoms with Crippen LogP contribution in [-0.2, 0) is 15.9 Å². The highest BCUT2D eigenvalue weighted by Gasteiger charge is 2.31. The lowest BCUT2D eigenvalue weighted by atomic mass is 10.2. The van der Waals surface area contributed by atoms with E-state index >= 15 is 0 Å². The second kappa shape index (κ2) is 7.02. The van der Waals surface area contributed by atoms with Crippen LogP contribution < -0.4 is 0 Å². The first-order valence-electron chi connectivity index (χ1n) is 7.53. The number of rotatable bonds is 3. The van der Waals surface area contributed by atoms with Gasteiger partial charge in [-0.2, -0.15) is 0 Å². The summed E-state index contributed by atoms with van der Waals surface area (Å²) in [6.07, 6.45) is -1.16. The van der Waals surface area contributed by atoms with E-state index in [0.29, 0.717) is 12.2 Å². The van der Waals surface area contributed by atoms with E-state index in [1.165, 1.54) is 0 Å². The van der Waals surface area contributed by atoms with Gasteiger partial charge in [0, 0.05) is 19.0 Å². The smallest absolute Gasteiger partial charge is 0.419 e. The van der Waals surface area contributed by atoms with Crippen LogP contribution in [0.15, 0.2) is 10.6 Å². The van der Waals surface area contributed by atoms with Crippen LogP contribution in [0.3, 0.4) is 0 Å². The Balaban J connectivity index is 2.82. The molecule has 2 amide bonds. The molecule has 0 saturated carbocycles. The molecule has 0 saturated heterocycles. The van der Waals surface area contributed by atoms with Crippen molar-refractivity contribution in [1.29, 1.82) is 0 Å². The molecule has 0 aliphatic heterocycles. The Morgan fingerprint density at radius 2 is 1.57 bits per heavy atom. The second-order valence-corrected chi connectivity index (χ2v) is 7.30. The summed E-state index contributed by atoms with van der Waals surface area (Å²) in [5.74, 6) is 0.583. The molecule has 0 bridgehead atoms. The van der Waals surface area contributed by atoms with Crippen LogP contribution in [0.1, 0.15) is 53.0 Å². The molecule has 1 rings (SSSR count). The molecule has 0 aliphatic rings. The van der Waals surface area contributed by atoms with E-state index in [9.17, 15) is 9.59 Å². The number of carbonyl (C=O) groups excluding carboxylic acids is 2. The summed E-state index contributed by atoms with van der Waals surface area (Å²) in [5.41, 5.74) is -0.679. The van der Waals surface area contributed by atoms with Crippen molar-refractivity contribution in [1.82, 2.24) is 10.1 Å². The molecule has 0 unspecified atom stereocenters. The van der Waals surface area contributed by atoms with Gasteiger partial charge in [0.2, 0.25) is 0 Å². The molecule has 130 valence electrons. The predicted octanol–water partition coefficient (Wildman–Crippen LogP) is 3.70. The minimum atomic E-state index is -0.747. The van der Waals surface area contributed by atoms with E-state index in [1.54, 1.807) is 54.5 Å². The van der Waals surface area contributed by atoms with E-state index in [2.05, 4.69) is 5.16 Å². The Morgan fingerprint density at radius 3 is 1.91 bits per heavy atom. The van der Waals surface area contributed by atoms with Gasteiger partial charge in [0.05, 0.1) is 5.69 Å². The van der Waals surface area contributed by atoms with Crippen molar-refractivity contribution in [2.24, 2.45) is 0 Å². The molecule has 23 heavy (non-hydrogen) atoms. The van der Waals surface area contributed by atoms with Crippen LogP contribution in [0.2, 0.25) is 0 Å². The molecule has 1 heterocycles. The third kappa shape index (κ3) is 7.17. The van der Waals surface area contributed by atoms with Crippen LogP contribution in [0.5, 0.6) is 0 Å². The van der Waals surface area contributed by atoms with Crippen molar-refractivity contribution in [3.63, 3.8) is 0 Å². The molecule has 1 aromatic heterocycles. The number of hydrogen-bond acceptors (Lipinski definition) is 6. The topological polar surface area (TPSA) is 81.9 Å². The van der Waals surface area contributed by atoms with Crippen LogP contribution in [0.4, 0.5) is 9.59 Å². The number of ether oxygens (including phenoxy) is 2. The molecule has 0 radical (unpaired) electrons. The number of aryl methyl sites for hydroxylation is 1. The van der Waals surface area contributed by atoms with Crippen molar-refractivity contribution in [3.05, 3.63) is 17.5 Å². The Kier molecular flexibility index (Phi) is 5.80. The second-order valence-electron chi connectivity index (χ2n) is 7.30. The van der Waals surface area contributed by atoms with Crippen LogP contribution >= 0.6 is 0 Å². The highest BCUT2D eigenvalue weighted by atomic mass is 16.6. The Hall–Kier alpha value is -2.05. The maximum atomic E-state index is 12.3. The summed E-state index contributed by atoms with van der Waals surface area (Å²) in [6, 6.07) is 1.75. The van der Waals surface area contributed by atoms with Crippen LogP contribution in [0, 0.1) is 6.92 Å². The number of amides is 2. The molecule has 0 atom stereocenters. The zero-order chi connectivity index (χ0) is 17.8. The summed E-state index contributed by atoms with van der Waals surface area (Å²) >= 11 is 0. The molecule has 7 nitrogen and oxygen atoms in total. The number of imide groups is 1. The monoisotopic (exact) mass is 326 g/mol. The highest BCUT2D eigenvalue weighted by molar-refractivity contribution is 5.88. The highest BCUT2D eigenvalue weighted by Crippen LogP contribution is 2.15. The molecule has 0 N–H and O–H groups in total. The summed E-state index contributed by atoms with van der Waals surface area (Å²) in [6.45, 7) is 12.3. The lowest BCUT2D eigenvalue weighted by Gasteiger charge is -2.28. The molecule has 1 aromatic rings. The van der Waals surface area contributed by atoms with Gasteiger partial charge >= 0.3 is 12.2 Å². The van der Waals surface area contributed by atoms with Crippen molar-refractivity contribution in [2.75, 3.05) is 6.54 Å². The first-order valence-corrected chi connectivity index (χ1v) is 7.53. The molecular weight excluding hydrogens is 300 g/mol. The fourth-order valence-corrected chi connectivity index (χ4v) is 1.65. The number of aromatic nitrogens is 1. The molecule has 7 heteroatoms. The molecule has 0 aliphatic carbocycles. The fourth-order valence-electron chi connectivity index (χ4n) is 1.65. The standard InChI is InChI=1S/C16H26N2O5/c1-11-10-12(23-17-11)8-9-18(13(19)21-15(2,3)4)14(20)22-16(5,6)7/h10H,8-9H2,1-7H3. The van der Waals surface area contributed by atoms with E-state index in [-0.39, 0.29) is 6.54 Å². The lowest BCUT2D eigenvalue weighted by molar-refractivity contribution is 0.00148. The summed E-state index contributed by atoms with van der Waals surface area (Å²) in [4.78, 5) is 25.5. The van der Waals surface area contributed by atoms with E-state index in [0.717, 1.165) is 10.6 Å². The normalized spacial score (nSPS) is 12.0. The third-order valence-electron chi connectivity index (χ3n) is 2.49. The average Bonchev–Trinajstić information content (AvgIpc) is 2.70. The van der Waals surface area contributed by atoms with E-state index in [1.807, 2.05) is 0 Å². The number of carbonyl (C=O) groups is 2. The van der Waals surface area contributed by atoms with Crippen LogP contribution in [0.25, 0.3) is 0 Å². The fraction of sp³-hybridized carbons (Fsp3) is 0.688. The molecule has 0 spiro atoms. The van der Waals surface area contributed by atoms with Crippen LogP contribution in [-0.4, -0.2) is 40.0 Å². The third-order valence-corrected chi connectivity index (χ3v) is 2.49. The molecular formula is C16H26N2O5. The van der Waals surface area contributed by atoms with E-state index < -0.39 is 23.4 Å². The maximum absolute atomic E-state index is 12.3. The van der Waals surface area contributed by atoms with Crippen molar-refractivity contribution in [3.8, 4) is 0 Å². The first-order chi connectivity index (χ1) is 10.4. The summed E-state index contributed by atoms with van der Waals surface area (Å²) in [5, 5.41) is 3.78. The minimum absolute atomic E-state index is 0.0818. The van der Waals surface area contributed by atoms with Crippen molar-refractivity contribution >= 4 is 12.2 Å². The van der Waals surface area contributed by atoms with Gasteiger partial charge < -0.3 is 14.0 Å². The van der Waals surface area contributed by atoms with Gasteiger partial charge in [-0.25, -0.2) is 14.5 Å². The minimum Gasteiger partial charge on any atom is -0.443 e. The Labute approximate surface area is 136 Å². The Bertz CT molecular complexity index is 524. The number of nitrogens with zero attached hydrogens (tertiary/aromatic N) is 2. The number of hydrogen-bond donors (Lipinski definition) is 0. The SMILES string of the molecule is Cc1cc(CCN(C(=O)OC(C)(C)C)C(=O)OC(C)(C)C)on1. The summed E-state index contributed by atoms with van der Waals surface area (Å²) < 4.78 is 15.6. The van der Waals surface area contributed by atoms with Gasteiger partial charge in [-0.15, -0.1) is 0 Å². The quantitative estimate of drug-likeness (QED) is 0.842. The van der Waals surface area contributed by atoms with Crippen molar-refractivity contribution < 1.29 is 23.6 Å². The van der Waals surface area contributed by atoms with Gasteiger partial charge in [-0.1, -0.05) is 5.16 Å². The lowest BCUT2D eigenvalue weighted by Crippen LogP contribution is -2.44. The van der Waals surface area contributed by atoms with Gasteiger partial charge in [-0.05, 0) is 48.5 Å². The molecule has 0 aromatic carbocycles. The van der Waals surface area contributed by atoms with Gasteiger partial charge in [0.1, 0.15) is 17.0 Å². The van der Waals surface area contributed by atoms with Gasteiger partial charge in [0.15, 0.2) is 0 Å². The predicted molar refractivity (Wildman–Crippen MR) is 84.1 cm³/mol. The Morgan fingerprint density at radius 1 is 1.09 bits per heavy atom. The largest absolute Gasteiger partial charge is 0.443 e. The first kappa shape index (κ1) is 19.0. The zero-order valence-electron chi connectivity index (χ0n) is 14.9. The zero-order valence-corrected chi connectivity index (χ0v) is 14.9.